The Morgan fingerprint density at radius 3 is 2.07 bits per heavy atom. The van der Waals surface area contributed by atoms with Gasteiger partial charge in [0, 0.05) is 25.0 Å². The van der Waals surface area contributed by atoms with Crippen LogP contribution >= 0.6 is 0 Å². The molecule has 0 amide bonds. The van der Waals surface area contributed by atoms with Crippen molar-refractivity contribution in [3.05, 3.63) is 59.7 Å². The molecular formula is C21H30N2O4. The zero-order valence-electron chi connectivity index (χ0n) is 16.0. The molecule has 1 atom stereocenters. The van der Waals surface area contributed by atoms with E-state index in [-0.39, 0.29) is 24.3 Å². The van der Waals surface area contributed by atoms with Crippen molar-refractivity contribution in [1.29, 1.82) is 0 Å². The van der Waals surface area contributed by atoms with Gasteiger partial charge in [0.1, 0.15) is 11.5 Å². The smallest absolute Gasteiger partial charge is 0.210 e. The van der Waals surface area contributed by atoms with Gasteiger partial charge in [-0.2, -0.15) is 0 Å². The van der Waals surface area contributed by atoms with Gasteiger partial charge in [-0.15, -0.1) is 0 Å². The minimum absolute atomic E-state index is 0.00770. The third-order valence-electron chi connectivity index (χ3n) is 4.71. The summed E-state index contributed by atoms with van der Waals surface area (Å²) >= 11 is 0. The minimum atomic E-state index is -1.00. The van der Waals surface area contributed by atoms with Gasteiger partial charge < -0.3 is 25.8 Å². The van der Waals surface area contributed by atoms with Crippen LogP contribution in [0.1, 0.15) is 25.0 Å². The van der Waals surface area contributed by atoms with Crippen LogP contribution in [-0.2, 0) is 5.41 Å². The van der Waals surface area contributed by atoms with Crippen molar-refractivity contribution in [3.63, 3.8) is 0 Å². The van der Waals surface area contributed by atoms with E-state index in [4.69, 9.17) is 15.6 Å². The number of benzene rings is 2. The van der Waals surface area contributed by atoms with Gasteiger partial charge >= 0.3 is 0 Å². The average Bonchev–Trinajstić information content (AvgIpc) is 2.63. The first-order valence-electron chi connectivity index (χ1n) is 9.15. The number of aliphatic hydroxyl groups is 2. The molecule has 0 fully saturated rings. The summed E-state index contributed by atoms with van der Waals surface area (Å²) in [7, 11) is 0. The highest BCUT2D eigenvalue weighted by molar-refractivity contribution is 5.41. The second-order valence-corrected chi connectivity index (χ2v) is 7.08. The Hall–Kier alpha value is -2.12. The monoisotopic (exact) mass is 374 g/mol. The molecule has 6 nitrogen and oxygen atoms in total. The summed E-state index contributed by atoms with van der Waals surface area (Å²) in [5.41, 5.74) is 7.50. The highest BCUT2D eigenvalue weighted by atomic mass is 16.6. The van der Waals surface area contributed by atoms with Crippen molar-refractivity contribution in [2.24, 2.45) is 5.73 Å². The number of nitrogens with two attached hydrogens (primary N) is 1. The Bertz CT molecular complexity index is 680. The van der Waals surface area contributed by atoms with E-state index in [0.29, 0.717) is 25.4 Å². The second kappa shape index (κ2) is 9.71. The number of phenols is 1. The molecule has 0 aliphatic rings. The van der Waals surface area contributed by atoms with Crippen LogP contribution in [0, 0.1) is 0 Å². The van der Waals surface area contributed by atoms with E-state index in [1.165, 1.54) is 0 Å². The van der Waals surface area contributed by atoms with Crippen molar-refractivity contribution in [3.8, 4) is 11.5 Å². The van der Waals surface area contributed by atoms with Crippen LogP contribution in [0.2, 0.25) is 0 Å². The molecule has 0 heterocycles. The van der Waals surface area contributed by atoms with E-state index in [0.717, 1.165) is 11.1 Å². The third kappa shape index (κ3) is 5.94. The number of aromatic hydroxyl groups is 1. The van der Waals surface area contributed by atoms with Crippen LogP contribution in [0.4, 0.5) is 0 Å². The maximum Gasteiger partial charge on any atom is 0.210 e. The van der Waals surface area contributed by atoms with E-state index >= 15 is 0 Å². The molecule has 27 heavy (non-hydrogen) atoms. The fourth-order valence-electron chi connectivity index (χ4n) is 3.03. The lowest BCUT2D eigenvalue weighted by molar-refractivity contribution is -0.0423. The van der Waals surface area contributed by atoms with Gasteiger partial charge in [0.25, 0.3) is 0 Å². The molecule has 1 unspecified atom stereocenters. The quantitative estimate of drug-likeness (QED) is 0.472. The summed E-state index contributed by atoms with van der Waals surface area (Å²) in [6, 6.07) is 14.8. The number of ether oxygens (including phenoxy) is 1. The normalized spacial score (nSPS) is 13.0. The molecule has 0 saturated carbocycles. The molecular weight excluding hydrogens is 344 g/mol. The van der Waals surface area contributed by atoms with Gasteiger partial charge in [-0.3, -0.25) is 4.90 Å². The zero-order valence-corrected chi connectivity index (χ0v) is 16.0. The van der Waals surface area contributed by atoms with Crippen LogP contribution in [0.25, 0.3) is 0 Å². The molecule has 0 bridgehead atoms. The Labute approximate surface area is 160 Å². The molecule has 148 valence electrons. The first kappa shape index (κ1) is 21.2. The number of nitrogens with zero attached hydrogens (tertiary/aromatic N) is 1. The molecule has 2 rings (SSSR count). The lowest BCUT2D eigenvalue weighted by Gasteiger charge is -2.27. The van der Waals surface area contributed by atoms with Crippen molar-refractivity contribution in [2.75, 3.05) is 32.8 Å². The van der Waals surface area contributed by atoms with Crippen LogP contribution in [-0.4, -0.2) is 59.3 Å². The number of rotatable bonds is 10. The highest BCUT2D eigenvalue weighted by Gasteiger charge is 2.23. The SMILES string of the molecule is CC(C)(c1ccc(O)cc1)c1ccc(OC(O)CN(CCN)CCO)cc1. The van der Waals surface area contributed by atoms with E-state index in [2.05, 4.69) is 13.8 Å². The first-order valence-corrected chi connectivity index (χ1v) is 9.15. The van der Waals surface area contributed by atoms with Crippen LogP contribution in [0.3, 0.4) is 0 Å². The van der Waals surface area contributed by atoms with Crippen molar-refractivity contribution in [1.82, 2.24) is 4.90 Å². The van der Waals surface area contributed by atoms with E-state index in [1.807, 2.05) is 41.3 Å². The molecule has 0 aliphatic heterocycles. The van der Waals surface area contributed by atoms with Crippen molar-refractivity contribution in [2.45, 2.75) is 25.6 Å². The largest absolute Gasteiger partial charge is 0.508 e. The third-order valence-corrected chi connectivity index (χ3v) is 4.71. The minimum Gasteiger partial charge on any atom is -0.508 e. The fraction of sp³-hybridized carbons (Fsp3) is 0.429. The van der Waals surface area contributed by atoms with E-state index < -0.39 is 6.29 Å². The van der Waals surface area contributed by atoms with E-state index in [1.54, 1.807) is 12.1 Å². The Morgan fingerprint density at radius 1 is 1.00 bits per heavy atom. The summed E-state index contributed by atoms with van der Waals surface area (Å²) in [6.07, 6.45) is -1.00. The summed E-state index contributed by atoms with van der Waals surface area (Å²) < 4.78 is 5.58. The number of phenolic OH excluding ortho intramolecular Hbond substituents is 1. The standard InChI is InChI=1S/C21H30N2O4/c1-21(2,16-3-7-18(25)8-4-16)17-5-9-19(10-6-17)27-20(26)15-23(12-11-22)13-14-24/h3-10,20,24-26H,11-15,22H2,1-2H3. The van der Waals surface area contributed by atoms with Crippen molar-refractivity contribution < 1.29 is 20.1 Å². The molecule has 6 heteroatoms. The van der Waals surface area contributed by atoms with Gasteiger partial charge in [-0.1, -0.05) is 38.1 Å². The molecule has 0 aliphatic carbocycles. The number of aliphatic hydroxyl groups excluding tert-OH is 2. The fourth-order valence-corrected chi connectivity index (χ4v) is 3.03. The first-order chi connectivity index (χ1) is 12.9. The number of hydrogen-bond donors (Lipinski definition) is 4. The topological polar surface area (TPSA) is 99.2 Å². The molecule has 2 aromatic carbocycles. The summed E-state index contributed by atoms with van der Waals surface area (Å²) in [6.45, 7) is 5.99. The maximum atomic E-state index is 10.1. The van der Waals surface area contributed by atoms with Crippen molar-refractivity contribution >= 4 is 0 Å². The molecule has 0 aromatic heterocycles. The van der Waals surface area contributed by atoms with Crippen LogP contribution in [0.5, 0.6) is 11.5 Å². The summed E-state index contributed by atoms with van der Waals surface area (Å²) in [4.78, 5) is 1.85. The summed E-state index contributed by atoms with van der Waals surface area (Å²) in [5, 5.41) is 28.7. The zero-order chi connectivity index (χ0) is 19.9. The molecule has 0 spiro atoms. The molecule has 5 N–H and O–H groups in total. The van der Waals surface area contributed by atoms with Gasteiger partial charge in [0.05, 0.1) is 13.2 Å². The number of hydrogen-bond acceptors (Lipinski definition) is 6. The Kier molecular flexibility index (Phi) is 7.62. The van der Waals surface area contributed by atoms with E-state index in [9.17, 15) is 10.2 Å². The Balaban J connectivity index is 2.02. The molecule has 0 saturated heterocycles. The van der Waals surface area contributed by atoms with Gasteiger partial charge in [-0.05, 0) is 35.4 Å². The van der Waals surface area contributed by atoms with Gasteiger partial charge in [0.2, 0.25) is 6.29 Å². The Morgan fingerprint density at radius 2 is 1.56 bits per heavy atom. The maximum absolute atomic E-state index is 10.1. The van der Waals surface area contributed by atoms with Gasteiger partial charge in [0.15, 0.2) is 0 Å². The van der Waals surface area contributed by atoms with Crippen LogP contribution in [0.15, 0.2) is 48.5 Å². The second-order valence-electron chi connectivity index (χ2n) is 7.08. The summed E-state index contributed by atoms with van der Waals surface area (Å²) in [5.74, 6) is 0.821. The highest BCUT2D eigenvalue weighted by Crippen LogP contribution is 2.33. The predicted molar refractivity (Wildman–Crippen MR) is 106 cm³/mol. The lowest BCUT2D eigenvalue weighted by atomic mass is 9.78. The molecule has 2 aromatic rings. The predicted octanol–water partition coefficient (Wildman–Crippen LogP) is 1.67. The average molecular weight is 374 g/mol. The van der Waals surface area contributed by atoms with Gasteiger partial charge in [-0.25, -0.2) is 0 Å². The van der Waals surface area contributed by atoms with Crippen LogP contribution < -0.4 is 10.5 Å². The lowest BCUT2D eigenvalue weighted by Crippen LogP contribution is -2.39. The molecule has 0 radical (unpaired) electrons.